The number of allylic oxidation sites excluding steroid dienone is 1. The van der Waals surface area contributed by atoms with Gasteiger partial charge in [-0.2, -0.15) is 0 Å². The molecule has 0 bridgehead atoms. The van der Waals surface area contributed by atoms with Crippen LogP contribution in [0.4, 0.5) is 0 Å². The largest absolute Gasteiger partial charge is 0.413 e. The van der Waals surface area contributed by atoms with Gasteiger partial charge >= 0.3 is 0 Å². The van der Waals surface area contributed by atoms with E-state index in [-0.39, 0.29) is 0 Å². The summed E-state index contributed by atoms with van der Waals surface area (Å²) >= 11 is 5.61. The molecule has 0 aliphatic rings. The van der Waals surface area contributed by atoms with Gasteiger partial charge in [-0.1, -0.05) is 31.4 Å². The second-order valence-corrected chi connectivity index (χ2v) is 8.97. The number of unbranched alkanes of at least 4 members (excludes halogenated alkanes) is 1. The van der Waals surface area contributed by atoms with Gasteiger partial charge in [-0.3, -0.25) is 0 Å². The lowest BCUT2D eigenvalue weighted by Crippen LogP contribution is -2.30. The van der Waals surface area contributed by atoms with E-state index in [1.165, 1.54) is 24.5 Å². The molecule has 0 amide bonds. The van der Waals surface area contributed by atoms with Crippen LogP contribution >= 0.6 is 11.6 Å². The van der Waals surface area contributed by atoms with Crippen LogP contribution in [0.1, 0.15) is 26.7 Å². The van der Waals surface area contributed by atoms with Crippen LogP contribution in [0.25, 0.3) is 0 Å². The van der Waals surface area contributed by atoms with E-state index in [1.807, 2.05) is 6.08 Å². The first-order valence-electron chi connectivity index (χ1n) is 5.37. The van der Waals surface area contributed by atoms with E-state index in [0.29, 0.717) is 5.88 Å². The van der Waals surface area contributed by atoms with Crippen LogP contribution in [0, 0.1) is 0 Å². The molecule has 3 heteroatoms. The fraction of sp³-hybridized carbons (Fsp3) is 0.818. The highest BCUT2D eigenvalue weighted by atomic mass is 35.5. The molecule has 14 heavy (non-hydrogen) atoms. The zero-order chi connectivity index (χ0) is 11.0. The average molecular weight is 235 g/mol. The Kier molecular flexibility index (Phi) is 7.60. The Labute approximate surface area is 94.6 Å². The number of alkyl halides is 1. The average Bonchev–Trinajstić information content (AvgIpc) is 2.13. The third-order valence-corrected chi connectivity index (χ3v) is 4.89. The van der Waals surface area contributed by atoms with Gasteiger partial charge in [0.25, 0.3) is 0 Å². The van der Waals surface area contributed by atoms with Crippen LogP contribution in [-0.2, 0) is 4.43 Å². The quantitative estimate of drug-likeness (QED) is 0.365. The van der Waals surface area contributed by atoms with Crippen molar-refractivity contribution in [2.45, 2.75) is 45.8 Å². The SMILES string of the molecule is CCCC[Si](C)(C)OCC(C)=CCCl. The van der Waals surface area contributed by atoms with Crippen LogP contribution in [-0.4, -0.2) is 20.8 Å². The van der Waals surface area contributed by atoms with Crippen LogP contribution in [0.15, 0.2) is 11.6 Å². The van der Waals surface area contributed by atoms with E-state index >= 15 is 0 Å². The molecule has 0 aromatic rings. The summed E-state index contributed by atoms with van der Waals surface area (Å²) in [6.07, 6.45) is 4.57. The fourth-order valence-corrected chi connectivity index (χ4v) is 3.41. The summed E-state index contributed by atoms with van der Waals surface area (Å²) < 4.78 is 5.96. The highest BCUT2D eigenvalue weighted by Gasteiger charge is 2.21. The number of hydrogen-bond donors (Lipinski definition) is 0. The molecular formula is C11H23ClOSi. The Balaban J connectivity index is 3.80. The van der Waals surface area contributed by atoms with E-state index in [2.05, 4.69) is 26.9 Å². The molecule has 0 atom stereocenters. The predicted octanol–water partition coefficient (Wildman–Crippen LogP) is 4.19. The van der Waals surface area contributed by atoms with Gasteiger partial charge in [0.15, 0.2) is 8.32 Å². The summed E-state index contributed by atoms with van der Waals surface area (Å²) in [6.45, 7) is 9.64. The summed E-state index contributed by atoms with van der Waals surface area (Å²) in [5, 5.41) is 0. The first kappa shape index (κ1) is 14.2. The lowest BCUT2D eigenvalue weighted by atomic mass is 10.3. The third-order valence-electron chi connectivity index (χ3n) is 2.25. The molecule has 0 saturated heterocycles. The zero-order valence-corrected chi connectivity index (χ0v) is 11.7. The molecule has 0 spiro atoms. The summed E-state index contributed by atoms with van der Waals surface area (Å²) in [4.78, 5) is 0. The number of rotatable bonds is 7. The van der Waals surface area contributed by atoms with Crippen LogP contribution in [0.3, 0.4) is 0 Å². The molecule has 0 aromatic heterocycles. The Morgan fingerprint density at radius 3 is 2.57 bits per heavy atom. The van der Waals surface area contributed by atoms with E-state index in [4.69, 9.17) is 16.0 Å². The zero-order valence-electron chi connectivity index (χ0n) is 9.90. The lowest BCUT2D eigenvalue weighted by Gasteiger charge is -2.22. The monoisotopic (exact) mass is 234 g/mol. The minimum atomic E-state index is -1.40. The molecule has 0 unspecified atom stereocenters. The standard InChI is InChI=1S/C11H23ClOSi/c1-5-6-9-14(3,4)13-10-11(2)7-8-12/h7H,5-6,8-10H2,1-4H3. The molecule has 0 heterocycles. The van der Waals surface area contributed by atoms with E-state index in [9.17, 15) is 0 Å². The van der Waals surface area contributed by atoms with Gasteiger partial charge in [0, 0.05) is 5.88 Å². The van der Waals surface area contributed by atoms with E-state index < -0.39 is 8.32 Å². The van der Waals surface area contributed by atoms with Gasteiger partial charge in [-0.25, -0.2) is 0 Å². The third kappa shape index (κ3) is 7.60. The molecule has 0 N–H and O–H groups in total. The summed E-state index contributed by atoms with van der Waals surface area (Å²) in [7, 11) is -1.40. The van der Waals surface area contributed by atoms with Gasteiger partial charge in [-0.05, 0) is 26.1 Å². The van der Waals surface area contributed by atoms with Crippen molar-refractivity contribution in [3.05, 3.63) is 11.6 Å². The summed E-state index contributed by atoms with van der Waals surface area (Å²) in [6, 6.07) is 1.26. The molecule has 0 rings (SSSR count). The normalized spacial score (nSPS) is 13.4. The molecule has 0 fully saturated rings. The number of hydrogen-bond acceptors (Lipinski definition) is 1. The Bertz CT molecular complexity index is 178. The molecule has 0 saturated carbocycles. The van der Waals surface area contributed by atoms with Crippen molar-refractivity contribution in [1.29, 1.82) is 0 Å². The van der Waals surface area contributed by atoms with Crippen LogP contribution in [0.2, 0.25) is 19.1 Å². The molecule has 1 nitrogen and oxygen atoms in total. The highest BCUT2D eigenvalue weighted by molar-refractivity contribution is 6.71. The van der Waals surface area contributed by atoms with Crippen molar-refractivity contribution in [2.24, 2.45) is 0 Å². The summed E-state index contributed by atoms with van der Waals surface area (Å²) in [5.74, 6) is 0.589. The van der Waals surface area contributed by atoms with Crippen LogP contribution < -0.4 is 0 Å². The fourth-order valence-electron chi connectivity index (χ4n) is 1.17. The van der Waals surface area contributed by atoms with Gasteiger partial charge in [-0.15, -0.1) is 11.6 Å². The van der Waals surface area contributed by atoms with Crippen LogP contribution in [0.5, 0.6) is 0 Å². The van der Waals surface area contributed by atoms with Crippen molar-refractivity contribution in [3.8, 4) is 0 Å². The van der Waals surface area contributed by atoms with Gasteiger partial charge < -0.3 is 4.43 Å². The lowest BCUT2D eigenvalue weighted by molar-refractivity contribution is 0.339. The van der Waals surface area contributed by atoms with Crippen molar-refractivity contribution in [2.75, 3.05) is 12.5 Å². The second kappa shape index (κ2) is 7.49. The maximum absolute atomic E-state index is 5.96. The molecule has 0 radical (unpaired) electrons. The Hall–Kier alpha value is 0.207. The first-order valence-corrected chi connectivity index (χ1v) is 9.02. The first-order chi connectivity index (χ1) is 6.52. The maximum Gasteiger partial charge on any atom is 0.187 e. The highest BCUT2D eigenvalue weighted by Crippen LogP contribution is 2.16. The van der Waals surface area contributed by atoms with E-state index in [1.54, 1.807) is 0 Å². The molecule has 0 aromatic carbocycles. The Morgan fingerprint density at radius 1 is 1.43 bits per heavy atom. The van der Waals surface area contributed by atoms with E-state index in [0.717, 1.165) is 6.61 Å². The van der Waals surface area contributed by atoms with Crippen molar-refractivity contribution < 1.29 is 4.43 Å². The van der Waals surface area contributed by atoms with Crippen molar-refractivity contribution in [3.63, 3.8) is 0 Å². The minimum absolute atomic E-state index is 0.589. The Morgan fingerprint density at radius 2 is 2.07 bits per heavy atom. The maximum atomic E-state index is 5.96. The van der Waals surface area contributed by atoms with Gasteiger partial charge in [0.05, 0.1) is 6.61 Å². The second-order valence-electron chi connectivity index (χ2n) is 4.36. The molecular weight excluding hydrogens is 212 g/mol. The smallest absolute Gasteiger partial charge is 0.187 e. The minimum Gasteiger partial charge on any atom is -0.413 e. The topological polar surface area (TPSA) is 9.23 Å². The van der Waals surface area contributed by atoms with Gasteiger partial charge in [0.1, 0.15) is 0 Å². The number of halogens is 1. The molecule has 84 valence electrons. The molecule has 0 aliphatic carbocycles. The summed E-state index contributed by atoms with van der Waals surface area (Å²) in [5.41, 5.74) is 1.25. The molecule has 0 aliphatic heterocycles. The predicted molar refractivity (Wildman–Crippen MR) is 67.6 cm³/mol. The van der Waals surface area contributed by atoms with Crippen molar-refractivity contribution >= 4 is 19.9 Å². The van der Waals surface area contributed by atoms with Gasteiger partial charge in [0.2, 0.25) is 0 Å². The van der Waals surface area contributed by atoms with Crippen molar-refractivity contribution in [1.82, 2.24) is 0 Å².